The zero-order chi connectivity index (χ0) is 13.5. The van der Waals surface area contributed by atoms with Gasteiger partial charge in [-0.15, -0.1) is 0 Å². The highest BCUT2D eigenvalue weighted by atomic mass is 16.5. The fourth-order valence-corrected chi connectivity index (χ4v) is 1.36. The predicted molar refractivity (Wildman–Crippen MR) is 70.9 cm³/mol. The van der Waals surface area contributed by atoms with Crippen molar-refractivity contribution in [1.29, 1.82) is 0 Å². The molecule has 0 amide bonds. The number of nitrogens with zero attached hydrogens (tertiary/aromatic N) is 1. The number of ether oxygens (including phenoxy) is 2. The van der Waals surface area contributed by atoms with Crippen LogP contribution in [-0.2, 0) is 4.74 Å². The summed E-state index contributed by atoms with van der Waals surface area (Å²) in [5.74, 6) is 0.217. The molecule has 5 nitrogen and oxygen atoms in total. The molecule has 0 unspecified atom stereocenters. The maximum Gasteiger partial charge on any atom is 0.338 e. The largest absolute Gasteiger partial charge is 0.490 e. The average molecular weight is 252 g/mol. The number of nitrogen functional groups attached to an aromatic ring is 1. The van der Waals surface area contributed by atoms with E-state index in [2.05, 4.69) is 0 Å². The Morgan fingerprint density at radius 2 is 2.11 bits per heavy atom. The Hall–Kier alpha value is -1.75. The smallest absolute Gasteiger partial charge is 0.338 e. The van der Waals surface area contributed by atoms with Crippen molar-refractivity contribution in [1.82, 2.24) is 4.90 Å². The number of carbonyl (C=O) groups is 1. The molecule has 1 aromatic rings. The Kier molecular flexibility index (Phi) is 5.45. The van der Waals surface area contributed by atoms with Crippen molar-refractivity contribution in [2.45, 2.75) is 6.92 Å². The van der Waals surface area contributed by atoms with Crippen LogP contribution in [0, 0.1) is 0 Å². The van der Waals surface area contributed by atoms with Gasteiger partial charge in [0, 0.05) is 6.54 Å². The van der Waals surface area contributed by atoms with Gasteiger partial charge in [0.15, 0.2) is 0 Å². The molecule has 1 rings (SSSR count). The average Bonchev–Trinajstić information content (AvgIpc) is 2.31. The predicted octanol–water partition coefficient (Wildman–Crippen LogP) is 1.39. The molecule has 0 aliphatic carbocycles. The second kappa shape index (κ2) is 6.86. The molecule has 100 valence electrons. The number of anilines is 1. The van der Waals surface area contributed by atoms with Gasteiger partial charge in [0.1, 0.15) is 12.4 Å². The summed E-state index contributed by atoms with van der Waals surface area (Å²) in [7, 11) is 3.94. The number of hydrogen-bond acceptors (Lipinski definition) is 5. The summed E-state index contributed by atoms with van der Waals surface area (Å²) in [5.41, 5.74) is 6.71. The maximum atomic E-state index is 11.5. The van der Waals surface area contributed by atoms with Gasteiger partial charge in [0.05, 0.1) is 17.9 Å². The van der Waals surface area contributed by atoms with Crippen molar-refractivity contribution in [3.63, 3.8) is 0 Å². The van der Waals surface area contributed by atoms with Gasteiger partial charge in [-0.1, -0.05) is 0 Å². The fraction of sp³-hybridized carbons (Fsp3) is 0.462. The Bertz CT molecular complexity index is 405. The first-order valence-corrected chi connectivity index (χ1v) is 5.88. The van der Waals surface area contributed by atoms with Crippen LogP contribution in [-0.4, -0.2) is 44.7 Å². The van der Waals surface area contributed by atoms with E-state index in [9.17, 15) is 4.79 Å². The van der Waals surface area contributed by atoms with Crippen LogP contribution in [0.4, 0.5) is 5.69 Å². The number of rotatable bonds is 6. The van der Waals surface area contributed by atoms with E-state index >= 15 is 0 Å². The van der Waals surface area contributed by atoms with E-state index in [1.54, 1.807) is 25.1 Å². The topological polar surface area (TPSA) is 64.8 Å². The van der Waals surface area contributed by atoms with Gasteiger partial charge in [-0.25, -0.2) is 4.79 Å². The summed E-state index contributed by atoms with van der Waals surface area (Å²) in [6.45, 7) is 3.47. The van der Waals surface area contributed by atoms with Gasteiger partial charge >= 0.3 is 5.97 Å². The molecule has 0 aliphatic rings. The van der Waals surface area contributed by atoms with Crippen LogP contribution >= 0.6 is 0 Å². The molecule has 0 radical (unpaired) electrons. The molecule has 0 aliphatic heterocycles. The number of hydrogen-bond donors (Lipinski definition) is 1. The summed E-state index contributed by atoms with van der Waals surface area (Å²) in [6, 6.07) is 4.92. The van der Waals surface area contributed by atoms with E-state index in [1.807, 2.05) is 19.0 Å². The summed E-state index contributed by atoms with van der Waals surface area (Å²) >= 11 is 0. The Labute approximate surface area is 107 Å². The van der Waals surface area contributed by atoms with Gasteiger partial charge in [0.25, 0.3) is 0 Å². The molecule has 2 N–H and O–H groups in total. The van der Waals surface area contributed by atoms with Crippen LogP contribution in [0.3, 0.4) is 0 Å². The molecule has 0 aromatic heterocycles. The molecule has 0 atom stereocenters. The van der Waals surface area contributed by atoms with Crippen molar-refractivity contribution in [3.8, 4) is 5.75 Å². The highest BCUT2D eigenvalue weighted by Crippen LogP contribution is 2.22. The SMILES string of the molecule is CCOC(=O)c1ccc(OCCN(C)C)c(N)c1. The third-order valence-corrected chi connectivity index (χ3v) is 2.32. The quantitative estimate of drug-likeness (QED) is 0.612. The number of carbonyl (C=O) groups excluding carboxylic acids is 1. The molecule has 0 saturated heterocycles. The van der Waals surface area contributed by atoms with Crippen LogP contribution < -0.4 is 10.5 Å². The first-order chi connectivity index (χ1) is 8.54. The van der Waals surface area contributed by atoms with E-state index in [1.165, 1.54) is 0 Å². The molecule has 0 saturated carbocycles. The van der Waals surface area contributed by atoms with E-state index in [-0.39, 0.29) is 5.97 Å². The summed E-state index contributed by atoms with van der Waals surface area (Å²) in [5, 5.41) is 0. The van der Waals surface area contributed by atoms with Gasteiger partial charge in [-0.3, -0.25) is 0 Å². The van der Waals surface area contributed by atoms with Crippen LogP contribution in [0.2, 0.25) is 0 Å². The van der Waals surface area contributed by atoms with Crippen molar-refractivity contribution in [2.75, 3.05) is 39.6 Å². The molecule has 0 spiro atoms. The maximum absolute atomic E-state index is 11.5. The number of benzene rings is 1. The number of nitrogens with two attached hydrogens (primary N) is 1. The minimum atomic E-state index is -0.371. The van der Waals surface area contributed by atoms with Gasteiger partial charge in [0.2, 0.25) is 0 Å². The highest BCUT2D eigenvalue weighted by Gasteiger charge is 2.09. The van der Waals surface area contributed by atoms with Gasteiger partial charge < -0.3 is 20.1 Å². The van der Waals surface area contributed by atoms with Gasteiger partial charge in [-0.05, 0) is 39.2 Å². The van der Waals surface area contributed by atoms with Crippen LogP contribution in [0.5, 0.6) is 5.75 Å². The summed E-state index contributed by atoms with van der Waals surface area (Å²) in [4.78, 5) is 13.5. The Balaban J connectivity index is 2.65. The van der Waals surface area contributed by atoms with Crippen LogP contribution in [0.15, 0.2) is 18.2 Å². The van der Waals surface area contributed by atoms with Gasteiger partial charge in [-0.2, -0.15) is 0 Å². The number of likely N-dealkylation sites (N-methyl/N-ethyl adjacent to an activating group) is 1. The zero-order valence-electron chi connectivity index (χ0n) is 11.1. The minimum absolute atomic E-state index is 0.347. The Morgan fingerprint density at radius 3 is 2.67 bits per heavy atom. The van der Waals surface area contributed by atoms with E-state index in [0.717, 1.165) is 6.54 Å². The molecule has 18 heavy (non-hydrogen) atoms. The molecule has 1 aromatic carbocycles. The van der Waals surface area contributed by atoms with E-state index in [4.69, 9.17) is 15.2 Å². The van der Waals surface area contributed by atoms with Crippen LogP contribution in [0.25, 0.3) is 0 Å². The first-order valence-electron chi connectivity index (χ1n) is 5.88. The van der Waals surface area contributed by atoms with E-state index in [0.29, 0.717) is 30.2 Å². The molecule has 0 fully saturated rings. The second-order valence-corrected chi connectivity index (χ2v) is 4.12. The fourth-order valence-electron chi connectivity index (χ4n) is 1.36. The number of esters is 1. The van der Waals surface area contributed by atoms with Crippen molar-refractivity contribution in [2.24, 2.45) is 0 Å². The second-order valence-electron chi connectivity index (χ2n) is 4.12. The van der Waals surface area contributed by atoms with Crippen molar-refractivity contribution in [3.05, 3.63) is 23.8 Å². The lowest BCUT2D eigenvalue weighted by atomic mass is 10.2. The molecular formula is C13H20N2O3. The molecular weight excluding hydrogens is 232 g/mol. The van der Waals surface area contributed by atoms with Crippen LogP contribution in [0.1, 0.15) is 17.3 Å². The lowest BCUT2D eigenvalue weighted by Crippen LogP contribution is -2.19. The monoisotopic (exact) mass is 252 g/mol. The Morgan fingerprint density at radius 1 is 1.39 bits per heavy atom. The third kappa shape index (κ3) is 4.25. The third-order valence-electron chi connectivity index (χ3n) is 2.32. The summed E-state index contributed by atoms with van der Waals surface area (Å²) < 4.78 is 10.4. The standard InChI is InChI=1S/C13H20N2O3/c1-4-17-13(16)10-5-6-12(11(14)9-10)18-8-7-15(2)3/h5-6,9H,4,7-8,14H2,1-3H3. The lowest BCUT2D eigenvalue weighted by Gasteiger charge is -2.13. The zero-order valence-corrected chi connectivity index (χ0v) is 11.1. The lowest BCUT2D eigenvalue weighted by molar-refractivity contribution is 0.0526. The molecule has 5 heteroatoms. The molecule has 0 heterocycles. The first kappa shape index (κ1) is 14.3. The van der Waals surface area contributed by atoms with Crippen molar-refractivity contribution < 1.29 is 14.3 Å². The van der Waals surface area contributed by atoms with E-state index < -0.39 is 0 Å². The highest BCUT2D eigenvalue weighted by molar-refractivity contribution is 5.91. The summed E-state index contributed by atoms with van der Waals surface area (Å²) in [6.07, 6.45) is 0. The normalized spacial score (nSPS) is 10.4. The molecule has 0 bridgehead atoms. The minimum Gasteiger partial charge on any atom is -0.490 e. The van der Waals surface area contributed by atoms with Crippen molar-refractivity contribution >= 4 is 11.7 Å².